The molecular formula is C14H30N2. The van der Waals surface area contributed by atoms with Gasteiger partial charge in [0.15, 0.2) is 0 Å². The van der Waals surface area contributed by atoms with Crippen LogP contribution in [0.3, 0.4) is 0 Å². The predicted molar refractivity (Wildman–Crippen MR) is 71.7 cm³/mol. The van der Waals surface area contributed by atoms with Gasteiger partial charge < -0.3 is 5.32 Å². The van der Waals surface area contributed by atoms with Gasteiger partial charge in [-0.15, -0.1) is 0 Å². The van der Waals surface area contributed by atoms with Crippen LogP contribution in [0, 0.1) is 11.3 Å². The van der Waals surface area contributed by atoms with Crippen LogP contribution in [0.2, 0.25) is 0 Å². The Morgan fingerprint density at radius 2 is 1.88 bits per heavy atom. The lowest BCUT2D eigenvalue weighted by Crippen LogP contribution is -2.39. The zero-order valence-corrected chi connectivity index (χ0v) is 12.0. The molecule has 96 valence electrons. The molecule has 1 rings (SSSR count). The normalized spacial score (nSPS) is 25.3. The van der Waals surface area contributed by atoms with Gasteiger partial charge in [0.1, 0.15) is 0 Å². The zero-order valence-electron chi connectivity index (χ0n) is 12.0. The fourth-order valence-corrected chi connectivity index (χ4v) is 2.07. The van der Waals surface area contributed by atoms with Crippen LogP contribution in [0.4, 0.5) is 0 Å². The van der Waals surface area contributed by atoms with Gasteiger partial charge in [0.05, 0.1) is 0 Å². The topological polar surface area (TPSA) is 15.3 Å². The maximum Gasteiger partial charge on any atom is 0.0207 e. The molecular weight excluding hydrogens is 196 g/mol. The molecule has 0 aromatic heterocycles. The SMILES string of the molecule is CC(C)N1CCC(NCC(C)C(C)(C)C)C1. The van der Waals surface area contributed by atoms with Crippen molar-refractivity contribution < 1.29 is 0 Å². The molecule has 2 nitrogen and oxygen atoms in total. The fourth-order valence-electron chi connectivity index (χ4n) is 2.07. The van der Waals surface area contributed by atoms with E-state index in [-0.39, 0.29) is 0 Å². The van der Waals surface area contributed by atoms with Gasteiger partial charge in [-0.3, -0.25) is 4.90 Å². The summed E-state index contributed by atoms with van der Waals surface area (Å²) in [5.74, 6) is 0.737. The summed E-state index contributed by atoms with van der Waals surface area (Å²) in [6, 6.07) is 1.42. The Kier molecular flexibility index (Phi) is 4.81. The smallest absolute Gasteiger partial charge is 0.0207 e. The van der Waals surface area contributed by atoms with Crippen molar-refractivity contribution in [1.82, 2.24) is 10.2 Å². The first-order valence-corrected chi connectivity index (χ1v) is 6.78. The Labute approximate surface area is 102 Å². The summed E-state index contributed by atoms with van der Waals surface area (Å²) in [7, 11) is 0. The molecule has 2 unspecified atom stereocenters. The molecule has 0 aromatic rings. The number of likely N-dealkylation sites (tertiary alicyclic amines) is 1. The van der Waals surface area contributed by atoms with E-state index in [1.807, 2.05) is 0 Å². The number of nitrogens with zero attached hydrogens (tertiary/aromatic N) is 1. The molecule has 16 heavy (non-hydrogen) atoms. The van der Waals surface area contributed by atoms with Crippen LogP contribution < -0.4 is 5.32 Å². The molecule has 0 saturated carbocycles. The van der Waals surface area contributed by atoms with Crippen LogP contribution in [0.5, 0.6) is 0 Å². The minimum absolute atomic E-state index is 0.420. The second-order valence-corrected chi connectivity index (χ2v) is 6.75. The molecule has 0 aromatic carbocycles. The van der Waals surface area contributed by atoms with Crippen LogP contribution >= 0.6 is 0 Å². The van der Waals surface area contributed by atoms with E-state index in [1.165, 1.54) is 19.5 Å². The molecule has 1 N–H and O–H groups in total. The summed E-state index contributed by atoms with van der Waals surface area (Å²) in [4.78, 5) is 2.57. The van der Waals surface area contributed by atoms with E-state index >= 15 is 0 Å². The number of hydrogen-bond acceptors (Lipinski definition) is 2. The minimum atomic E-state index is 0.420. The van der Waals surface area contributed by atoms with Crippen molar-refractivity contribution in [3.05, 3.63) is 0 Å². The molecule has 2 atom stereocenters. The van der Waals surface area contributed by atoms with Gasteiger partial charge in [0.25, 0.3) is 0 Å². The van der Waals surface area contributed by atoms with Crippen LogP contribution in [0.15, 0.2) is 0 Å². The van der Waals surface area contributed by atoms with Gasteiger partial charge >= 0.3 is 0 Å². The molecule has 0 spiro atoms. The van der Waals surface area contributed by atoms with Crippen LogP contribution in [0.25, 0.3) is 0 Å². The summed E-state index contributed by atoms with van der Waals surface area (Å²) < 4.78 is 0. The standard InChI is InChI=1S/C14H30N2/c1-11(2)16-8-7-13(10-16)15-9-12(3)14(4,5)6/h11-13,15H,7-10H2,1-6H3. The van der Waals surface area contributed by atoms with Crippen molar-refractivity contribution in [2.75, 3.05) is 19.6 Å². The largest absolute Gasteiger partial charge is 0.312 e. The summed E-state index contributed by atoms with van der Waals surface area (Å²) in [5, 5.41) is 3.73. The first-order chi connectivity index (χ1) is 7.30. The summed E-state index contributed by atoms with van der Waals surface area (Å²) >= 11 is 0. The molecule has 1 saturated heterocycles. The third kappa shape index (κ3) is 4.06. The summed E-state index contributed by atoms with van der Waals surface area (Å²) in [5.41, 5.74) is 0.420. The molecule has 1 aliphatic rings. The highest BCUT2D eigenvalue weighted by Crippen LogP contribution is 2.24. The lowest BCUT2D eigenvalue weighted by Gasteiger charge is -2.29. The van der Waals surface area contributed by atoms with Crippen molar-refractivity contribution in [3.63, 3.8) is 0 Å². The molecule has 2 heteroatoms. The Morgan fingerprint density at radius 1 is 1.25 bits per heavy atom. The second kappa shape index (κ2) is 5.50. The van der Waals surface area contributed by atoms with E-state index in [0.29, 0.717) is 17.5 Å². The average Bonchev–Trinajstić information content (AvgIpc) is 2.60. The van der Waals surface area contributed by atoms with Crippen LogP contribution in [-0.4, -0.2) is 36.6 Å². The van der Waals surface area contributed by atoms with Gasteiger partial charge in [-0.2, -0.15) is 0 Å². The lowest BCUT2D eigenvalue weighted by molar-refractivity contribution is 0.237. The zero-order chi connectivity index (χ0) is 12.3. The van der Waals surface area contributed by atoms with Crippen molar-refractivity contribution in [2.24, 2.45) is 11.3 Å². The maximum absolute atomic E-state index is 3.73. The van der Waals surface area contributed by atoms with E-state index in [2.05, 4.69) is 51.8 Å². The number of nitrogens with one attached hydrogen (secondary N) is 1. The predicted octanol–water partition coefficient (Wildman–Crippen LogP) is 2.74. The van der Waals surface area contributed by atoms with Crippen molar-refractivity contribution in [2.45, 2.75) is 60.0 Å². The lowest BCUT2D eigenvalue weighted by atomic mass is 9.82. The van der Waals surface area contributed by atoms with Crippen molar-refractivity contribution >= 4 is 0 Å². The maximum atomic E-state index is 3.73. The van der Waals surface area contributed by atoms with Crippen molar-refractivity contribution in [3.8, 4) is 0 Å². The van der Waals surface area contributed by atoms with Gasteiger partial charge in [0.2, 0.25) is 0 Å². The summed E-state index contributed by atoms with van der Waals surface area (Å²) in [6.07, 6.45) is 1.31. The first kappa shape index (κ1) is 14.0. The Hall–Kier alpha value is -0.0800. The van der Waals surface area contributed by atoms with Gasteiger partial charge in [0, 0.05) is 18.6 Å². The van der Waals surface area contributed by atoms with Gasteiger partial charge in [-0.1, -0.05) is 27.7 Å². The fraction of sp³-hybridized carbons (Fsp3) is 1.00. The third-order valence-corrected chi connectivity index (χ3v) is 4.14. The quantitative estimate of drug-likeness (QED) is 0.793. The highest BCUT2D eigenvalue weighted by molar-refractivity contribution is 4.84. The Morgan fingerprint density at radius 3 is 2.31 bits per heavy atom. The van der Waals surface area contributed by atoms with E-state index in [0.717, 1.165) is 12.5 Å². The number of rotatable bonds is 4. The monoisotopic (exact) mass is 226 g/mol. The average molecular weight is 226 g/mol. The second-order valence-electron chi connectivity index (χ2n) is 6.75. The summed E-state index contributed by atoms with van der Waals surface area (Å²) in [6.45, 7) is 17.6. The molecule has 1 heterocycles. The van der Waals surface area contributed by atoms with Gasteiger partial charge in [-0.05, 0) is 44.7 Å². The van der Waals surface area contributed by atoms with E-state index < -0.39 is 0 Å². The minimum Gasteiger partial charge on any atom is -0.312 e. The highest BCUT2D eigenvalue weighted by Gasteiger charge is 2.26. The van der Waals surface area contributed by atoms with Crippen LogP contribution in [0.1, 0.15) is 48.0 Å². The first-order valence-electron chi connectivity index (χ1n) is 6.78. The Balaban J connectivity index is 2.25. The third-order valence-electron chi connectivity index (χ3n) is 4.14. The van der Waals surface area contributed by atoms with Crippen LogP contribution in [-0.2, 0) is 0 Å². The molecule has 0 bridgehead atoms. The van der Waals surface area contributed by atoms with E-state index in [9.17, 15) is 0 Å². The number of hydrogen-bond donors (Lipinski definition) is 1. The molecule has 0 radical (unpaired) electrons. The van der Waals surface area contributed by atoms with Gasteiger partial charge in [-0.25, -0.2) is 0 Å². The van der Waals surface area contributed by atoms with E-state index in [1.54, 1.807) is 0 Å². The van der Waals surface area contributed by atoms with E-state index in [4.69, 9.17) is 0 Å². The highest BCUT2D eigenvalue weighted by atomic mass is 15.2. The molecule has 1 fully saturated rings. The van der Waals surface area contributed by atoms with Crippen molar-refractivity contribution in [1.29, 1.82) is 0 Å². The molecule has 0 aliphatic carbocycles. The molecule has 1 aliphatic heterocycles. The molecule has 0 amide bonds. The Bertz CT molecular complexity index is 205.